The molecule has 240 valence electrons. The SMILES string of the molecule is [CH2-]P(=O)(O)OC.[CH2-]P(=O)(OC)OCC([NH3+])C(=O)[O-].[CH2-]P(=O)(OC)OCC[N+](C)(C)C.[CH2-]P(=O)(OC)OCC[NH3+]. The van der Waals surface area contributed by atoms with E-state index in [0.717, 1.165) is 25.2 Å². The number of carbonyl (C=O) groups excluding carboxylic acids is 1. The van der Waals surface area contributed by atoms with Crippen LogP contribution in [0.4, 0.5) is 0 Å². The topological polar surface area (TPSA) is 249 Å². The third-order valence-electron chi connectivity index (χ3n) is 3.41. The minimum absolute atomic E-state index is 0.328. The van der Waals surface area contributed by atoms with Gasteiger partial charge in [-0.1, -0.05) is 0 Å². The van der Waals surface area contributed by atoms with Gasteiger partial charge >= 0.3 is 0 Å². The van der Waals surface area contributed by atoms with E-state index in [9.17, 15) is 28.2 Å². The smallest absolute Gasteiger partial charge is 0.184 e. The average molecular weight is 653 g/mol. The van der Waals surface area contributed by atoms with E-state index in [2.05, 4.69) is 65.3 Å². The molecule has 0 aromatic carbocycles. The van der Waals surface area contributed by atoms with E-state index in [4.69, 9.17) is 9.42 Å². The maximum atomic E-state index is 11.1. The van der Waals surface area contributed by atoms with Gasteiger partial charge in [-0.05, 0) is 0 Å². The Labute approximate surface area is 232 Å². The first-order chi connectivity index (χ1) is 17.3. The van der Waals surface area contributed by atoms with Crippen LogP contribution in [0.2, 0.25) is 0 Å². The number of quaternary nitrogens is 3. The van der Waals surface area contributed by atoms with Crippen LogP contribution in [0, 0.1) is 26.7 Å². The zero-order chi connectivity index (χ0) is 32.1. The number of rotatable bonds is 15. The first kappa shape index (κ1) is 45.9. The lowest BCUT2D eigenvalue weighted by Gasteiger charge is -2.25. The second-order valence-electron chi connectivity index (χ2n) is 8.05. The molecule has 0 aromatic rings. The van der Waals surface area contributed by atoms with Crippen molar-refractivity contribution in [3.05, 3.63) is 26.7 Å². The summed E-state index contributed by atoms with van der Waals surface area (Å²) in [5.74, 6) is -1.37. The van der Waals surface area contributed by atoms with Gasteiger partial charge < -0.3 is 62.4 Å². The summed E-state index contributed by atoms with van der Waals surface area (Å²) < 4.78 is 74.8. The molecule has 0 saturated carbocycles. The number of carboxylic acids is 1. The molecule has 0 aliphatic rings. The van der Waals surface area contributed by atoms with Gasteiger partial charge in [0.05, 0.1) is 27.7 Å². The molecule has 0 aromatic heterocycles. The molecule has 5 atom stereocenters. The minimum Gasteiger partial charge on any atom is -0.544 e. The van der Waals surface area contributed by atoms with Crippen LogP contribution in [0.1, 0.15) is 0 Å². The van der Waals surface area contributed by atoms with E-state index in [1.165, 1.54) is 14.2 Å². The van der Waals surface area contributed by atoms with Crippen LogP contribution in [-0.4, -0.2) is 104 Å². The van der Waals surface area contributed by atoms with Crippen LogP contribution in [0.3, 0.4) is 0 Å². The highest BCUT2D eigenvalue weighted by atomic mass is 31.2. The Bertz CT molecular complexity index is 834. The van der Waals surface area contributed by atoms with Crippen molar-refractivity contribution >= 4 is 36.4 Å². The normalized spacial score (nSPS) is 18.0. The average Bonchev–Trinajstić information content (AvgIpc) is 2.81. The second kappa shape index (κ2) is 22.5. The third kappa shape index (κ3) is 40.2. The largest absolute Gasteiger partial charge is 0.544 e. The predicted octanol–water partition coefficient (Wildman–Crippen LogP) is -0.179. The van der Waals surface area contributed by atoms with Gasteiger partial charge in [0.15, 0.2) is 30.4 Å². The van der Waals surface area contributed by atoms with Crippen LogP contribution in [0.5, 0.6) is 0 Å². The monoisotopic (exact) mass is 653 g/mol. The quantitative estimate of drug-likeness (QED) is 0.118. The Morgan fingerprint density at radius 1 is 0.821 bits per heavy atom. The van der Waals surface area contributed by atoms with Gasteiger partial charge in [-0.25, -0.2) is 26.7 Å². The van der Waals surface area contributed by atoms with Crippen molar-refractivity contribution in [3.63, 3.8) is 0 Å². The fraction of sp³-hybridized carbons (Fsp3) is 0.722. The zero-order valence-electron chi connectivity index (χ0n) is 23.8. The molecular formula is C18H47N3O14P4-2. The van der Waals surface area contributed by atoms with Crippen molar-refractivity contribution in [3.8, 4) is 0 Å². The van der Waals surface area contributed by atoms with Crippen LogP contribution in [-0.2, 0) is 54.7 Å². The highest BCUT2D eigenvalue weighted by Crippen LogP contribution is 2.45. The van der Waals surface area contributed by atoms with Crippen LogP contribution in [0.15, 0.2) is 0 Å². The molecule has 0 heterocycles. The number of hydrogen-bond donors (Lipinski definition) is 3. The van der Waals surface area contributed by atoms with Gasteiger partial charge in [-0.3, -0.25) is 18.3 Å². The van der Waals surface area contributed by atoms with Gasteiger partial charge in [0.1, 0.15) is 38.4 Å². The Kier molecular flexibility index (Phi) is 26.5. The molecular weight excluding hydrogens is 606 g/mol. The maximum absolute atomic E-state index is 11.1. The zero-order valence-corrected chi connectivity index (χ0v) is 27.4. The van der Waals surface area contributed by atoms with Crippen molar-refractivity contribution in [2.24, 2.45) is 0 Å². The molecule has 0 fully saturated rings. The lowest BCUT2D eigenvalue weighted by molar-refractivity contribution is -0.870. The van der Waals surface area contributed by atoms with E-state index < -0.39 is 42.4 Å². The van der Waals surface area contributed by atoms with Crippen molar-refractivity contribution in [2.45, 2.75) is 6.04 Å². The summed E-state index contributed by atoms with van der Waals surface area (Å²) >= 11 is 0. The molecule has 0 saturated heterocycles. The number of carboxylic acid groups (broad SMARTS) is 1. The molecule has 0 bridgehead atoms. The van der Waals surface area contributed by atoms with Crippen molar-refractivity contribution in [1.29, 1.82) is 0 Å². The molecule has 0 aliphatic carbocycles. The van der Waals surface area contributed by atoms with E-state index in [-0.39, 0.29) is 6.61 Å². The van der Waals surface area contributed by atoms with Gasteiger partial charge in [0, 0.05) is 28.4 Å². The van der Waals surface area contributed by atoms with Crippen molar-refractivity contribution in [2.75, 3.05) is 82.5 Å². The minimum atomic E-state index is -3.40. The van der Waals surface area contributed by atoms with Gasteiger partial charge in [0.25, 0.3) is 0 Å². The van der Waals surface area contributed by atoms with E-state index in [1.54, 1.807) is 0 Å². The summed E-state index contributed by atoms with van der Waals surface area (Å²) in [5, 5.41) is 10.1. The number of nitrogens with zero attached hydrogens (tertiary/aromatic N) is 1. The Balaban J connectivity index is -0.000000216. The summed E-state index contributed by atoms with van der Waals surface area (Å²) in [6.45, 7) is 14.1. The molecule has 0 radical (unpaired) electrons. The molecule has 39 heavy (non-hydrogen) atoms. The van der Waals surface area contributed by atoms with Gasteiger partial charge in [0.2, 0.25) is 0 Å². The summed E-state index contributed by atoms with van der Waals surface area (Å²) in [5.41, 5.74) is 6.68. The lowest BCUT2D eigenvalue weighted by Crippen LogP contribution is -2.70. The maximum Gasteiger partial charge on any atom is 0.184 e. The lowest BCUT2D eigenvalue weighted by atomic mass is 10.3. The summed E-state index contributed by atoms with van der Waals surface area (Å²) in [7, 11) is -1.72. The van der Waals surface area contributed by atoms with Crippen molar-refractivity contribution < 1.29 is 80.7 Å². The van der Waals surface area contributed by atoms with E-state index in [1.807, 2.05) is 21.1 Å². The Morgan fingerprint density at radius 2 is 1.15 bits per heavy atom. The number of carbonyl (C=O) groups is 1. The molecule has 17 nitrogen and oxygen atoms in total. The van der Waals surface area contributed by atoms with E-state index >= 15 is 0 Å². The predicted molar refractivity (Wildman–Crippen MR) is 142 cm³/mol. The Morgan fingerprint density at radius 3 is 1.41 bits per heavy atom. The number of aliphatic carboxylic acids is 1. The number of likely N-dealkylation sites (N-methyl/N-ethyl adjacent to an activating group) is 1. The first-order valence-corrected chi connectivity index (χ1v) is 17.6. The van der Waals surface area contributed by atoms with Crippen molar-refractivity contribution in [1.82, 2.24) is 0 Å². The molecule has 0 rings (SSSR count). The molecule has 0 aliphatic heterocycles. The number of hydrogen-bond acceptors (Lipinski definition) is 13. The summed E-state index contributed by atoms with van der Waals surface area (Å²) in [6.07, 6.45) is 0. The molecule has 7 N–H and O–H groups in total. The summed E-state index contributed by atoms with van der Waals surface area (Å²) in [4.78, 5) is 18.1. The second-order valence-corrected chi connectivity index (χ2v) is 15.2. The first-order valence-electron chi connectivity index (χ1n) is 10.6. The van der Waals surface area contributed by atoms with Crippen LogP contribution >= 0.6 is 30.4 Å². The third-order valence-corrected chi connectivity index (χ3v) is 7.34. The fourth-order valence-electron chi connectivity index (χ4n) is 1.09. The van der Waals surface area contributed by atoms with Crippen LogP contribution in [0.25, 0.3) is 0 Å². The highest BCUT2D eigenvalue weighted by Gasteiger charge is 2.13. The standard InChI is InChI=1S/C7H18NO3P.C5H11NO5P.C4H11NO3P.C2H6O3P/c1-8(2,3)6-7-11-12(5,9)10-4;1-10-12(2,9)11-3-4(6)5(7)8;1-7-9(2,6)8-4-3-5;1-5-6(2,3)4/h5-7H2,1-4H3;4H,2-3,6H2,1H3,(H,7,8);2-5H2,1H3;2H2,1H3,(H,3,4)/q;3*-1/p+1. The molecule has 21 heteroatoms. The molecule has 5 unspecified atom stereocenters. The Hall–Kier alpha value is -0.0500. The van der Waals surface area contributed by atoms with Crippen LogP contribution < -0.4 is 16.6 Å². The van der Waals surface area contributed by atoms with Gasteiger partial charge in [-0.2, -0.15) is 0 Å². The molecule has 0 amide bonds. The fourth-order valence-corrected chi connectivity index (χ4v) is 2.58. The van der Waals surface area contributed by atoms with E-state index in [0.29, 0.717) is 19.8 Å². The summed E-state index contributed by atoms with van der Waals surface area (Å²) in [6, 6.07) is -1.07. The molecule has 0 spiro atoms. The van der Waals surface area contributed by atoms with Gasteiger partial charge in [-0.15, -0.1) is 0 Å². The highest BCUT2D eigenvalue weighted by molar-refractivity contribution is 7.55.